The highest BCUT2D eigenvalue weighted by atomic mass is 16.7. The third-order valence-corrected chi connectivity index (χ3v) is 2.97. The van der Waals surface area contributed by atoms with Crippen LogP contribution < -0.4 is 0 Å². The van der Waals surface area contributed by atoms with Crippen LogP contribution >= 0.6 is 0 Å². The van der Waals surface area contributed by atoms with Gasteiger partial charge in [0, 0.05) is 25.9 Å². The zero-order chi connectivity index (χ0) is 14.0. The van der Waals surface area contributed by atoms with Crippen molar-refractivity contribution in [1.29, 1.82) is 0 Å². The summed E-state index contributed by atoms with van der Waals surface area (Å²) in [5.41, 5.74) is 2.95. The number of hydrogen-bond acceptors (Lipinski definition) is 3. The number of rotatable bonds is 3. The highest BCUT2D eigenvalue weighted by Crippen LogP contribution is 2.19. The Morgan fingerprint density at radius 3 is 2.53 bits per heavy atom. The van der Waals surface area contributed by atoms with Gasteiger partial charge < -0.3 is 4.57 Å². The fraction of sp³-hybridized carbons (Fsp3) is 0.286. The molecule has 5 heteroatoms. The number of imidazole rings is 1. The van der Waals surface area contributed by atoms with E-state index in [9.17, 15) is 4.79 Å². The van der Waals surface area contributed by atoms with Gasteiger partial charge in [0.1, 0.15) is 0 Å². The Bertz CT molecular complexity index is 587. The predicted octanol–water partition coefficient (Wildman–Crippen LogP) is 2.03. The number of carbonyl (C=O) groups excluding carboxylic acids is 1. The van der Waals surface area contributed by atoms with Gasteiger partial charge in [-0.1, -0.05) is 29.8 Å². The van der Waals surface area contributed by atoms with Crippen LogP contribution in [-0.4, -0.2) is 34.7 Å². The molecule has 0 spiro atoms. The summed E-state index contributed by atoms with van der Waals surface area (Å²) >= 11 is 0. The maximum atomic E-state index is 12.0. The molecule has 0 saturated carbocycles. The summed E-state index contributed by atoms with van der Waals surface area (Å²) in [7, 11) is 4.80. The van der Waals surface area contributed by atoms with Gasteiger partial charge in [-0.05, 0) is 6.92 Å². The molecule has 19 heavy (non-hydrogen) atoms. The van der Waals surface area contributed by atoms with E-state index < -0.39 is 0 Å². The molecule has 0 radical (unpaired) electrons. The largest absolute Gasteiger partial charge is 0.329 e. The molecule has 0 aliphatic heterocycles. The monoisotopic (exact) mass is 259 g/mol. The Hall–Kier alpha value is -2.14. The second-order valence-electron chi connectivity index (χ2n) is 4.41. The van der Waals surface area contributed by atoms with Gasteiger partial charge in [0.2, 0.25) is 5.82 Å². The Morgan fingerprint density at radius 1 is 1.32 bits per heavy atom. The van der Waals surface area contributed by atoms with Crippen LogP contribution in [0.5, 0.6) is 0 Å². The second kappa shape index (κ2) is 5.24. The zero-order valence-corrected chi connectivity index (χ0v) is 11.5. The van der Waals surface area contributed by atoms with Gasteiger partial charge in [-0.15, -0.1) is 0 Å². The number of hydroxylamine groups is 2. The van der Waals surface area contributed by atoms with E-state index in [-0.39, 0.29) is 5.91 Å². The fourth-order valence-corrected chi connectivity index (χ4v) is 1.75. The smallest absolute Gasteiger partial charge is 0.313 e. The molecule has 0 unspecified atom stereocenters. The third kappa shape index (κ3) is 2.66. The van der Waals surface area contributed by atoms with Crippen LogP contribution in [-0.2, 0) is 11.9 Å². The molecule has 0 N–H and O–H groups in total. The van der Waals surface area contributed by atoms with Gasteiger partial charge in [-0.25, -0.2) is 10.0 Å². The lowest BCUT2D eigenvalue weighted by Gasteiger charge is -2.12. The van der Waals surface area contributed by atoms with Crippen LogP contribution in [0.25, 0.3) is 11.3 Å². The van der Waals surface area contributed by atoms with Crippen LogP contribution in [0.3, 0.4) is 0 Å². The van der Waals surface area contributed by atoms with Crippen LogP contribution in [0.2, 0.25) is 0 Å². The Labute approximate surface area is 112 Å². The lowest BCUT2D eigenvalue weighted by molar-refractivity contribution is -0.0766. The average molecular weight is 259 g/mol. The molecule has 100 valence electrons. The molecule has 1 amide bonds. The summed E-state index contributed by atoms with van der Waals surface area (Å²) < 4.78 is 1.70. The molecule has 1 aromatic heterocycles. The van der Waals surface area contributed by atoms with Crippen molar-refractivity contribution in [3.05, 3.63) is 41.9 Å². The zero-order valence-electron chi connectivity index (χ0n) is 11.5. The number of amides is 1. The molecular weight excluding hydrogens is 242 g/mol. The quantitative estimate of drug-likeness (QED) is 0.792. The lowest BCUT2D eigenvalue weighted by atomic mass is 10.1. The SMILES string of the molecule is CON(C)C(=O)c1nc(-c2ccc(C)cc2)cn1C. The molecule has 1 aromatic carbocycles. The molecule has 0 aliphatic rings. The van der Waals surface area contributed by atoms with Crippen molar-refractivity contribution in [2.24, 2.45) is 7.05 Å². The van der Waals surface area contributed by atoms with Crippen molar-refractivity contribution in [2.45, 2.75) is 6.92 Å². The summed E-state index contributed by atoms with van der Waals surface area (Å²) in [6.07, 6.45) is 1.83. The topological polar surface area (TPSA) is 47.4 Å². The molecule has 2 aromatic rings. The predicted molar refractivity (Wildman–Crippen MR) is 72.5 cm³/mol. The van der Waals surface area contributed by atoms with Gasteiger partial charge in [0.15, 0.2) is 0 Å². The first-order valence-electron chi connectivity index (χ1n) is 5.95. The number of aromatic nitrogens is 2. The van der Waals surface area contributed by atoms with Crippen LogP contribution in [0, 0.1) is 6.92 Å². The van der Waals surface area contributed by atoms with Crippen molar-refractivity contribution in [3.8, 4) is 11.3 Å². The Morgan fingerprint density at radius 2 is 1.95 bits per heavy atom. The number of nitrogens with zero attached hydrogens (tertiary/aromatic N) is 3. The minimum Gasteiger partial charge on any atom is -0.329 e. The molecule has 0 fully saturated rings. The van der Waals surface area contributed by atoms with E-state index in [1.54, 1.807) is 18.7 Å². The summed E-state index contributed by atoms with van der Waals surface area (Å²) in [5.74, 6) is 0.0725. The molecule has 5 nitrogen and oxygen atoms in total. The van der Waals surface area contributed by atoms with Crippen molar-refractivity contribution in [1.82, 2.24) is 14.6 Å². The minimum atomic E-state index is -0.275. The summed E-state index contributed by atoms with van der Waals surface area (Å²) in [4.78, 5) is 21.3. The minimum absolute atomic E-state index is 0.275. The molecule has 0 atom stereocenters. The summed E-state index contributed by atoms with van der Waals surface area (Å²) in [6, 6.07) is 8.03. The number of hydrogen-bond donors (Lipinski definition) is 0. The van der Waals surface area contributed by atoms with E-state index in [1.165, 1.54) is 12.7 Å². The highest BCUT2D eigenvalue weighted by Gasteiger charge is 2.18. The maximum Gasteiger partial charge on any atom is 0.313 e. The van der Waals surface area contributed by atoms with Crippen LogP contribution in [0.1, 0.15) is 16.2 Å². The van der Waals surface area contributed by atoms with Crippen molar-refractivity contribution in [3.63, 3.8) is 0 Å². The Kier molecular flexibility index (Phi) is 3.66. The standard InChI is InChI=1S/C14H17N3O2/c1-10-5-7-11(8-6-10)12-9-16(2)13(15-12)14(18)17(3)19-4/h5-9H,1-4H3. The number of aryl methyl sites for hydroxylation is 2. The summed E-state index contributed by atoms with van der Waals surface area (Å²) in [6.45, 7) is 2.03. The van der Waals surface area contributed by atoms with E-state index in [0.717, 1.165) is 16.3 Å². The first kappa shape index (κ1) is 13.3. The molecule has 1 heterocycles. The van der Waals surface area contributed by atoms with E-state index in [0.29, 0.717) is 5.82 Å². The van der Waals surface area contributed by atoms with Gasteiger partial charge in [0.25, 0.3) is 0 Å². The third-order valence-electron chi connectivity index (χ3n) is 2.97. The summed E-state index contributed by atoms with van der Waals surface area (Å²) in [5, 5.41) is 1.15. The molecule has 0 aliphatic carbocycles. The van der Waals surface area contributed by atoms with E-state index in [2.05, 4.69) is 4.98 Å². The van der Waals surface area contributed by atoms with Crippen LogP contribution in [0.15, 0.2) is 30.5 Å². The lowest BCUT2D eigenvalue weighted by Crippen LogP contribution is -2.27. The fourth-order valence-electron chi connectivity index (χ4n) is 1.75. The van der Waals surface area contributed by atoms with Gasteiger partial charge in [-0.2, -0.15) is 0 Å². The normalized spacial score (nSPS) is 10.5. The number of benzene rings is 1. The Balaban J connectivity index is 2.36. The van der Waals surface area contributed by atoms with E-state index in [4.69, 9.17) is 4.84 Å². The average Bonchev–Trinajstić information content (AvgIpc) is 2.80. The van der Waals surface area contributed by atoms with Crippen molar-refractivity contribution >= 4 is 5.91 Å². The molecule has 0 bridgehead atoms. The first-order chi connectivity index (χ1) is 9.02. The van der Waals surface area contributed by atoms with Crippen molar-refractivity contribution in [2.75, 3.05) is 14.2 Å². The van der Waals surface area contributed by atoms with E-state index in [1.807, 2.05) is 37.4 Å². The van der Waals surface area contributed by atoms with Crippen LogP contribution in [0.4, 0.5) is 0 Å². The first-order valence-corrected chi connectivity index (χ1v) is 5.95. The molecule has 2 rings (SSSR count). The van der Waals surface area contributed by atoms with E-state index >= 15 is 0 Å². The van der Waals surface area contributed by atoms with Gasteiger partial charge in [0.05, 0.1) is 12.8 Å². The highest BCUT2D eigenvalue weighted by molar-refractivity contribution is 5.90. The molecule has 0 saturated heterocycles. The van der Waals surface area contributed by atoms with Gasteiger partial charge >= 0.3 is 5.91 Å². The van der Waals surface area contributed by atoms with Crippen molar-refractivity contribution < 1.29 is 9.63 Å². The number of carbonyl (C=O) groups is 1. The maximum absolute atomic E-state index is 12.0. The molecular formula is C14H17N3O2. The second-order valence-corrected chi connectivity index (χ2v) is 4.41. The van der Waals surface area contributed by atoms with Gasteiger partial charge in [-0.3, -0.25) is 9.63 Å².